The molecule has 0 radical (unpaired) electrons. The van der Waals surface area contributed by atoms with Crippen LogP contribution in [0.2, 0.25) is 0 Å². The van der Waals surface area contributed by atoms with Gasteiger partial charge in [-0.2, -0.15) is 0 Å². The molecule has 0 unspecified atom stereocenters. The number of aromatic amines is 1. The molecule has 0 fully saturated rings. The molecule has 0 atom stereocenters. The summed E-state index contributed by atoms with van der Waals surface area (Å²) >= 11 is 0. The smallest absolute Gasteiger partial charge is 0.103 e. The van der Waals surface area contributed by atoms with E-state index >= 15 is 0 Å². The van der Waals surface area contributed by atoms with Gasteiger partial charge in [0.05, 0.1) is 0 Å². The number of nitrogens with zero attached hydrogens (tertiary/aromatic N) is 1. The molecule has 0 aliphatic rings. The van der Waals surface area contributed by atoms with Gasteiger partial charge in [0.15, 0.2) is 0 Å². The Bertz CT molecular complexity index is 474. The van der Waals surface area contributed by atoms with Gasteiger partial charge >= 0.3 is 0 Å². The summed E-state index contributed by atoms with van der Waals surface area (Å²) in [6.07, 6.45) is 2.97. The highest BCUT2D eigenvalue weighted by Gasteiger charge is 2.00. The van der Waals surface area contributed by atoms with E-state index in [1.54, 1.807) is 0 Å². The summed E-state index contributed by atoms with van der Waals surface area (Å²) in [5, 5.41) is 3.43. The number of aromatic nitrogens is 2. The van der Waals surface area contributed by atoms with Crippen LogP contribution in [0.1, 0.15) is 29.6 Å². The van der Waals surface area contributed by atoms with Crippen molar-refractivity contribution in [2.75, 3.05) is 0 Å². The van der Waals surface area contributed by atoms with Gasteiger partial charge in [-0.1, -0.05) is 31.2 Å². The van der Waals surface area contributed by atoms with Crippen LogP contribution in [-0.4, -0.2) is 9.97 Å². The van der Waals surface area contributed by atoms with Crippen molar-refractivity contribution in [2.45, 2.75) is 33.4 Å². The van der Waals surface area contributed by atoms with E-state index in [0.717, 1.165) is 31.0 Å². The van der Waals surface area contributed by atoms with E-state index in [0.29, 0.717) is 0 Å². The molecule has 0 amide bonds. The Hall–Kier alpha value is -1.61. The third-order valence-corrected chi connectivity index (χ3v) is 2.89. The summed E-state index contributed by atoms with van der Waals surface area (Å²) in [6.45, 7) is 5.90. The maximum Gasteiger partial charge on any atom is 0.103 e. The fourth-order valence-electron chi connectivity index (χ4n) is 1.97. The maximum absolute atomic E-state index is 4.18. The van der Waals surface area contributed by atoms with Crippen molar-refractivity contribution in [1.29, 1.82) is 0 Å². The molecular formula is C14H19N3. The molecule has 0 aliphatic carbocycles. The summed E-state index contributed by atoms with van der Waals surface area (Å²) in [7, 11) is 0. The average Bonchev–Trinajstić information content (AvgIpc) is 2.76. The molecule has 0 bridgehead atoms. The molecule has 0 saturated heterocycles. The molecule has 2 rings (SSSR count). The van der Waals surface area contributed by atoms with E-state index in [-0.39, 0.29) is 0 Å². The van der Waals surface area contributed by atoms with Crippen LogP contribution < -0.4 is 5.32 Å². The van der Waals surface area contributed by atoms with Gasteiger partial charge in [0.25, 0.3) is 0 Å². The summed E-state index contributed by atoms with van der Waals surface area (Å²) in [5.41, 5.74) is 3.93. The van der Waals surface area contributed by atoms with E-state index < -0.39 is 0 Å². The zero-order valence-corrected chi connectivity index (χ0v) is 10.5. The molecule has 0 aliphatic heterocycles. The van der Waals surface area contributed by atoms with Gasteiger partial charge in [0, 0.05) is 25.0 Å². The Morgan fingerprint density at radius 2 is 1.94 bits per heavy atom. The predicted octanol–water partition coefficient (Wildman–Crippen LogP) is 2.57. The van der Waals surface area contributed by atoms with Crippen LogP contribution in [0.3, 0.4) is 0 Å². The molecule has 3 heteroatoms. The van der Waals surface area contributed by atoms with Crippen LogP contribution in [-0.2, 0) is 19.5 Å². The number of H-pyrrole nitrogens is 1. The first-order valence-corrected chi connectivity index (χ1v) is 6.07. The van der Waals surface area contributed by atoms with Crippen molar-refractivity contribution in [2.24, 2.45) is 0 Å². The second-order valence-corrected chi connectivity index (χ2v) is 4.22. The molecule has 1 aromatic heterocycles. The second kappa shape index (κ2) is 5.64. The Balaban J connectivity index is 1.89. The number of nitrogens with one attached hydrogen (secondary N) is 2. The summed E-state index contributed by atoms with van der Waals surface area (Å²) in [6, 6.07) is 8.57. The second-order valence-electron chi connectivity index (χ2n) is 4.22. The van der Waals surface area contributed by atoms with Gasteiger partial charge < -0.3 is 10.3 Å². The van der Waals surface area contributed by atoms with Gasteiger partial charge in [-0.05, 0) is 24.5 Å². The van der Waals surface area contributed by atoms with Crippen LogP contribution in [0.4, 0.5) is 0 Å². The number of imidazole rings is 1. The highest BCUT2D eigenvalue weighted by Crippen LogP contribution is 2.09. The Labute approximate surface area is 102 Å². The highest BCUT2D eigenvalue weighted by atomic mass is 15.0. The van der Waals surface area contributed by atoms with Crippen LogP contribution in [0.15, 0.2) is 30.5 Å². The minimum absolute atomic E-state index is 0.832. The number of aryl methyl sites for hydroxylation is 2. The van der Waals surface area contributed by atoms with E-state index in [1.807, 2.05) is 13.1 Å². The number of hydrogen-bond donors (Lipinski definition) is 2. The van der Waals surface area contributed by atoms with Gasteiger partial charge in [-0.3, -0.25) is 0 Å². The monoisotopic (exact) mass is 229 g/mol. The number of rotatable bonds is 5. The fourth-order valence-corrected chi connectivity index (χ4v) is 1.97. The highest BCUT2D eigenvalue weighted by molar-refractivity contribution is 5.26. The first-order valence-electron chi connectivity index (χ1n) is 6.07. The topological polar surface area (TPSA) is 40.7 Å². The molecule has 17 heavy (non-hydrogen) atoms. The van der Waals surface area contributed by atoms with Crippen LogP contribution in [0.25, 0.3) is 0 Å². The first-order chi connectivity index (χ1) is 8.29. The van der Waals surface area contributed by atoms with Crippen molar-refractivity contribution in [3.63, 3.8) is 0 Å². The lowest BCUT2D eigenvalue weighted by atomic mass is 10.1. The van der Waals surface area contributed by atoms with E-state index in [2.05, 4.69) is 46.5 Å². The summed E-state index contributed by atoms with van der Waals surface area (Å²) < 4.78 is 0. The molecule has 1 aromatic carbocycles. The third-order valence-electron chi connectivity index (χ3n) is 2.89. The van der Waals surface area contributed by atoms with Crippen molar-refractivity contribution in [3.05, 3.63) is 53.1 Å². The van der Waals surface area contributed by atoms with Crippen LogP contribution >= 0.6 is 0 Å². The molecule has 0 spiro atoms. The zero-order chi connectivity index (χ0) is 12.1. The fraction of sp³-hybridized carbons (Fsp3) is 0.357. The minimum Gasteiger partial charge on any atom is -0.345 e. The lowest BCUT2D eigenvalue weighted by Crippen LogP contribution is -2.14. The van der Waals surface area contributed by atoms with E-state index in [1.165, 1.54) is 11.1 Å². The standard InChI is InChI=1S/C14H19N3/c1-3-12-6-4-5-7-13(12)8-15-9-14-10-16-11(2)17-14/h4-7,10,15H,3,8-9H2,1-2H3,(H,16,17). The summed E-state index contributed by atoms with van der Waals surface area (Å²) in [4.78, 5) is 7.40. The van der Waals surface area contributed by atoms with Crippen molar-refractivity contribution < 1.29 is 0 Å². The van der Waals surface area contributed by atoms with Gasteiger partial charge in [-0.15, -0.1) is 0 Å². The lowest BCUT2D eigenvalue weighted by Gasteiger charge is -2.08. The van der Waals surface area contributed by atoms with E-state index in [4.69, 9.17) is 0 Å². The van der Waals surface area contributed by atoms with Gasteiger partial charge in [-0.25, -0.2) is 4.98 Å². The van der Waals surface area contributed by atoms with Crippen LogP contribution in [0, 0.1) is 6.92 Å². The molecule has 1 heterocycles. The quantitative estimate of drug-likeness (QED) is 0.827. The van der Waals surface area contributed by atoms with Crippen LogP contribution in [0.5, 0.6) is 0 Å². The van der Waals surface area contributed by atoms with Gasteiger partial charge in [0.2, 0.25) is 0 Å². The molecule has 2 N–H and O–H groups in total. The Morgan fingerprint density at radius 3 is 2.59 bits per heavy atom. The Kier molecular flexibility index (Phi) is 3.94. The van der Waals surface area contributed by atoms with Crippen molar-refractivity contribution in [1.82, 2.24) is 15.3 Å². The third kappa shape index (κ3) is 3.17. The SMILES string of the molecule is CCc1ccccc1CNCc1cnc(C)[nH]1. The normalized spacial score (nSPS) is 10.7. The summed E-state index contributed by atoms with van der Waals surface area (Å²) in [5.74, 6) is 0.968. The van der Waals surface area contributed by atoms with Crippen molar-refractivity contribution in [3.8, 4) is 0 Å². The zero-order valence-electron chi connectivity index (χ0n) is 10.5. The maximum atomic E-state index is 4.18. The lowest BCUT2D eigenvalue weighted by molar-refractivity contribution is 0.677. The predicted molar refractivity (Wildman–Crippen MR) is 69.7 cm³/mol. The molecular weight excluding hydrogens is 210 g/mol. The largest absolute Gasteiger partial charge is 0.345 e. The minimum atomic E-state index is 0.832. The molecule has 90 valence electrons. The first kappa shape index (κ1) is 11.9. The molecule has 2 aromatic rings. The molecule has 0 saturated carbocycles. The number of hydrogen-bond acceptors (Lipinski definition) is 2. The number of benzene rings is 1. The Morgan fingerprint density at radius 1 is 1.18 bits per heavy atom. The average molecular weight is 229 g/mol. The molecule has 3 nitrogen and oxygen atoms in total. The van der Waals surface area contributed by atoms with E-state index in [9.17, 15) is 0 Å². The van der Waals surface area contributed by atoms with Gasteiger partial charge in [0.1, 0.15) is 5.82 Å². The van der Waals surface area contributed by atoms with Crippen molar-refractivity contribution >= 4 is 0 Å².